The van der Waals surface area contributed by atoms with Gasteiger partial charge in [0.25, 0.3) is 0 Å². The first-order chi connectivity index (χ1) is 8.58. The minimum atomic E-state index is 0.258. The summed E-state index contributed by atoms with van der Waals surface area (Å²) in [6.07, 6.45) is 1.15. The van der Waals surface area contributed by atoms with Crippen molar-refractivity contribution in [2.45, 2.75) is 20.3 Å². The number of hydrogen-bond acceptors (Lipinski definition) is 3. The van der Waals surface area contributed by atoms with Crippen LogP contribution in [0.3, 0.4) is 0 Å². The zero-order valence-electron chi connectivity index (χ0n) is 11.6. The van der Waals surface area contributed by atoms with E-state index in [0.717, 1.165) is 31.8 Å². The average molecular weight is 248 g/mol. The number of para-hydroxylation sites is 2. The Morgan fingerprint density at radius 3 is 2.72 bits per heavy atom. The molecule has 1 saturated heterocycles. The lowest BCUT2D eigenvalue weighted by Crippen LogP contribution is -2.48. The monoisotopic (exact) mass is 248 g/mol. The van der Waals surface area contributed by atoms with Gasteiger partial charge in [-0.2, -0.15) is 0 Å². The molecule has 3 heteroatoms. The molecule has 1 aliphatic heterocycles. The molecule has 0 bridgehead atoms. The molecule has 0 saturated carbocycles. The fourth-order valence-electron chi connectivity index (χ4n) is 2.94. The first-order valence-electron chi connectivity index (χ1n) is 6.66. The van der Waals surface area contributed by atoms with E-state index >= 15 is 0 Å². The fourth-order valence-corrected chi connectivity index (χ4v) is 2.94. The summed E-state index contributed by atoms with van der Waals surface area (Å²) in [5.41, 5.74) is 7.33. The number of hydrogen-bond donors (Lipinski definition) is 1. The fraction of sp³-hybridized carbons (Fsp3) is 0.600. The molecule has 2 N–H and O–H groups in total. The van der Waals surface area contributed by atoms with E-state index in [-0.39, 0.29) is 5.41 Å². The van der Waals surface area contributed by atoms with E-state index in [2.05, 4.69) is 30.9 Å². The molecule has 1 aliphatic rings. The Kier molecular flexibility index (Phi) is 3.81. The lowest BCUT2D eigenvalue weighted by atomic mass is 9.74. The largest absolute Gasteiger partial charge is 0.495 e. The third kappa shape index (κ3) is 2.46. The van der Waals surface area contributed by atoms with Gasteiger partial charge in [0, 0.05) is 13.1 Å². The number of nitrogens with zero attached hydrogens (tertiary/aromatic N) is 1. The number of rotatable bonds is 3. The van der Waals surface area contributed by atoms with Crippen LogP contribution in [0.5, 0.6) is 5.75 Å². The maximum atomic E-state index is 5.88. The maximum absolute atomic E-state index is 5.88. The van der Waals surface area contributed by atoms with Crippen molar-refractivity contribution in [2.75, 3.05) is 31.6 Å². The Bertz CT molecular complexity index is 403. The number of nitrogens with two attached hydrogens (primary N) is 1. The zero-order chi connectivity index (χ0) is 13.2. The summed E-state index contributed by atoms with van der Waals surface area (Å²) in [5, 5.41) is 0. The molecule has 0 aliphatic carbocycles. The molecule has 1 unspecified atom stereocenters. The van der Waals surface area contributed by atoms with Crippen LogP contribution < -0.4 is 15.4 Å². The van der Waals surface area contributed by atoms with Gasteiger partial charge in [0.05, 0.1) is 12.8 Å². The van der Waals surface area contributed by atoms with E-state index in [1.165, 1.54) is 5.69 Å². The predicted molar refractivity (Wildman–Crippen MR) is 76.1 cm³/mol. The minimum Gasteiger partial charge on any atom is -0.495 e. The SMILES string of the molecule is COc1ccccc1N1CCC(CN)C(C)(C)C1. The Labute approximate surface area is 110 Å². The summed E-state index contributed by atoms with van der Waals surface area (Å²) in [5.74, 6) is 1.57. The van der Waals surface area contributed by atoms with Crippen LogP contribution in [0, 0.1) is 11.3 Å². The van der Waals surface area contributed by atoms with E-state index < -0.39 is 0 Å². The highest BCUT2D eigenvalue weighted by Gasteiger charge is 2.35. The van der Waals surface area contributed by atoms with Crippen LogP contribution >= 0.6 is 0 Å². The molecule has 0 spiro atoms. The van der Waals surface area contributed by atoms with E-state index in [4.69, 9.17) is 10.5 Å². The molecule has 0 amide bonds. The Morgan fingerprint density at radius 2 is 2.11 bits per heavy atom. The van der Waals surface area contributed by atoms with Gasteiger partial charge in [-0.1, -0.05) is 26.0 Å². The highest BCUT2D eigenvalue weighted by Crippen LogP contribution is 2.38. The second-order valence-electron chi connectivity index (χ2n) is 5.80. The summed E-state index contributed by atoms with van der Waals surface area (Å²) in [6.45, 7) is 7.51. The number of methoxy groups -OCH3 is 1. The minimum absolute atomic E-state index is 0.258. The molecule has 1 heterocycles. The smallest absolute Gasteiger partial charge is 0.142 e. The average Bonchev–Trinajstić information content (AvgIpc) is 2.37. The van der Waals surface area contributed by atoms with Gasteiger partial charge in [0.15, 0.2) is 0 Å². The van der Waals surface area contributed by atoms with Crippen LogP contribution in [0.4, 0.5) is 5.69 Å². The van der Waals surface area contributed by atoms with Crippen molar-refractivity contribution in [3.05, 3.63) is 24.3 Å². The molecule has 1 atom stereocenters. The second kappa shape index (κ2) is 5.19. The van der Waals surface area contributed by atoms with Crippen LogP contribution in [0.1, 0.15) is 20.3 Å². The third-order valence-electron chi connectivity index (χ3n) is 4.16. The van der Waals surface area contributed by atoms with Gasteiger partial charge in [0.1, 0.15) is 5.75 Å². The van der Waals surface area contributed by atoms with Crippen LogP contribution in [0.25, 0.3) is 0 Å². The predicted octanol–water partition coefficient (Wildman–Crippen LogP) is 2.51. The van der Waals surface area contributed by atoms with Crippen molar-refractivity contribution in [1.82, 2.24) is 0 Å². The summed E-state index contributed by atoms with van der Waals surface area (Å²) >= 11 is 0. The highest BCUT2D eigenvalue weighted by molar-refractivity contribution is 5.58. The molecule has 100 valence electrons. The van der Waals surface area contributed by atoms with Crippen molar-refractivity contribution in [1.29, 1.82) is 0 Å². The summed E-state index contributed by atoms with van der Waals surface area (Å²) in [7, 11) is 1.73. The molecule has 3 nitrogen and oxygen atoms in total. The van der Waals surface area contributed by atoms with Crippen molar-refractivity contribution in [2.24, 2.45) is 17.1 Å². The van der Waals surface area contributed by atoms with E-state index in [1.54, 1.807) is 7.11 Å². The summed E-state index contributed by atoms with van der Waals surface area (Å²) in [4.78, 5) is 2.42. The number of piperidine rings is 1. The molecular formula is C15H24N2O. The van der Waals surface area contributed by atoms with E-state index in [0.29, 0.717) is 5.92 Å². The third-order valence-corrected chi connectivity index (χ3v) is 4.16. The zero-order valence-corrected chi connectivity index (χ0v) is 11.6. The normalized spacial score (nSPS) is 22.9. The summed E-state index contributed by atoms with van der Waals surface area (Å²) in [6, 6.07) is 8.25. The molecule has 1 aromatic carbocycles. The quantitative estimate of drug-likeness (QED) is 0.893. The van der Waals surface area contributed by atoms with Gasteiger partial charge in [-0.15, -0.1) is 0 Å². The van der Waals surface area contributed by atoms with Crippen LogP contribution in [-0.2, 0) is 0 Å². The molecule has 0 radical (unpaired) electrons. The standard InChI is InChI=1S/C15H24N2O/c1-15(2)11-17(9-8-12(15)10-16)13-6-4-5-7-14(13)18-3/h4-7,12H,8-11,16H2,1-3H3. The second-order valence-corrected chi connectivity index (χ2v) is 5.80. The van der Waals surface area contributed by atoms with Crippen molar-refractivity contribution in [3.63, 3.8) is 0 Å². The number of benzene rings is 1. The van der Waals surface area contributed by atoms with Crippen LogP contribution in [0.15, 0.2) is 24.3 Å². The van der Waals surface area contributed by atoms with Crippen LogP contribution in [0.2, 0.25) is 0 Å². The topological polar surface area (TPSA) is 38.5 Å². The molecular weight excluding hydrogens is 224 g/mol. The maximum Gasteiger partial charge on any atom is 0.142 e. The first-order valence-corrected chi connectivity index (χ1v) is 6.66. The van der Waals surface area contributed by atoms with E-state index in [9.17, 15) is 0 Å². The molecule has 1 aromatic rings. The van der Waals surface area contributed by atoms with Gasteiger partial charge in [-0.3, -0.25) is 0 Å². The highest BCUT2D eigenvalue weighted by atomic mass is 16.5. The Morgan fingerprint density at radius 1 is 1.39 bits per heavy atom. The number of anilines is 1. The van der Waals surface area contributed by atoms with Gasteiger partial charge in [-0.25, -0.2) is 0 Å². The van der Waals surface area contributed by atoms with Gasteiger partial charge >= 0.3 is 0 Å². The lowest BCUT2D eigenvalue weighted by Gasteiger charge is -2.45. The first kappa shape index (κ1) is 13.2. The Hall–Kier alpha value is -1.22. The van der Waals surface area contributed by atoms with E-state index in [1.807, 2.05) is 12.1 Å². The van der Waals surface area contributed by atoms with Crippen molar-refractivity contribution < 1.29 is 4.74 Å². The number of ether oxygens (including phenoxy) is 1. The van der Waals surface area contributed by atoms with Gasteiger partial charge < -0.3 is 15.4 Å². The van der Waals surface area contributed by atoms with Gasteiger partial charge in [0.2, 0.25) is 0 Å². The van der Waals surface area contributed by atoms with Crippen LogP contribution in [-0.4, -0.2) is 26.7 Å². The molecule has 1 fully saturated rings. The van der Waals surface area contributed by atoms with Crippen molar-refractivity contribution >= 4 is 5.69 Å². The Balaban J connectivity index is 2.21. The molecule has 18 heavy (non-hydrogen) atoms. The summed E-state index contributed by atoms with van der Waals surface area (Å²) < 4.78 is 5.45. The molecule has 2 rings (SSSR count). The van der Waals surface area contributed by atoms with Crippen molar-refractivity contribution in [3.8, 4) is 5.75 Å². The lowest BCUT2D eigenvalue weighted by molar-refractivity contribution is 0.182. The molecule has 0 aromatic heterocycles. The van der Waals surface area contributed by atoms with Gasteiger partial charge in [-0.05, 0) is 36.4 Å².